The number of ether oxygens (including phenoxy) is 1. The Labute approximate surface area is 185 Å². The van der Waals surface area contributed by atoms with Gasteiger partial charge in [0.15, 0.2) is 5.82 Å². The molecule has 162 valence electrons. The van der Waals surface area contributed by atoms with Crippen LogP contribution in [-0.4, -0.2) is 72.7 Å². The van der Waals surface area contributed by atoms with Gasteiger partial charge in [-0.1, -0.05) is 28.4 Å². The van der Waals surface area contributed by atoms with Gasteiger partial charge in [-0.3, -0.25) is 14.5 Å². The standard InChI is InChI=1S/C20H24Cl2N4O4/c1-14-11-18(24-30-14)23-19(27)13-26(6-2-5-25-7-9-29-10-8-25)20(28)15-3-4-16(21)17(22)12-15/h3-4,11-12H,2,5-10,13H2,1H3,(H,23,24,27). The van der Waals surface area contributed by atoms with Gasteiger partial charge in [0.2, 0.25) is 5.91 Å². The molecule has 1 fully saturated rings. The van der Waals surface area contributed by atoms with Crippen LogP contribution in [0.15, 0.2) is 28.8 Å². The summed E-state index contributed by atoms with van der Waals surface area (Å²) < 4.78 is 10.3. The number of anilines is 1. The lowest BCUT2D eigenvalue weighted by Crippen LogP contribution is -2.41. The Morgan fingerprint density at radius 2 is 1.97 bits per heavy atom. The number of hydrogen-bond acceptors (Lipinski definition) is 6. The second kappa shape index (κ2) is 10.8. The highest BCUT2D eigenvalue weighted by molar-refractivity contribution is 6.42. The molecule has 1 aromatic carbocycles. The monoisotopic (exact) mass is 454 g/mol. The van der Waals surface area contributed by atoms with Crippen molar-refractivity contribution in [2.75, 3.05) is 51.3 Å². The minimum atomic E-state index is -0.358. The molecule has 0 radical (unpaired) electrons. The number of rotatable bonds is 8. The number of morpholine rings is 1. The normalized spacial score (nSPS) is 14.5. The summed E-state index contributed by atoms with van der Waals surface area (Å²) >= 11 is 12.0. The third kappa shape index (κ3) is 6.43. The molecule has 0 atom stereocenters. The van der Waals surface area contributed by atoms with E-state index in [4.69, 9.17) is 32.5 Å². The molecule has 1 N–H and O–H groups in total. The summed E-state index contributed by atoms with van der Waals surface area (Å²) in [5, 5.41) is 7.05. The van der Waals surface area contributed by atoms with Crippen molar-refractivity contribution < 1.29 is 18.8 Å². The van der Waals surface area contributed by atoms with E-state index in [0.717, 1.165) is 26.1 Å². The minimum absolute atomic E-state index is 0.117. The van der Waals surface area contributed by atoms with Crippen LogP contribution in [-0.2, 0) is 9.53 Å². The number of carbonyl (C=O) groups excluding carboxylic acids is 2. The molecular formula is C20H24Cl2N4O4. The molecule has 0 spiro atoms. The predicted octanol–water partition coefficient (Wildman–Crippen LogP) is 3.09. The van der Waals surface area contributed by atoms with Gasteiger partial charge in [0.05, 0.1) is 23.3 Å². The molecule has 1 aliphatic heterocycles. The molecule has 0 bridgehead atoms. The molecule has 0 aliphatic carbocycles. The molecule has 1 saturated heterocycles. The maximum atomic E-state index is 13.1. The zero-order chi connectivity index (χ0) is 21.5. The highest BCUT2D eigenvalue weighted by atomic mass is 35.5. The maximum absolute atomic E-state index is 13.1. The fraction of sp³-hybridized carbons (Fsp3) is 0.450. The summed E-state index contributed by atoms with van der Waals surface area (Å²) in [4.78, 5) is 29.3. The predicted molar refractivity (Wildman–Crippen MR) is 114 cm³/mol. The van der Waals surface area contributed by atoms with Crippen molar-refractivity contribution in [3.63, 3.8) is 0 Å². The molecule has 1 aromatic heterocycles. The Kier molecular flexibility index (Phi) is 8.09. The van der Waals surface area contributed by atoms with Gasteiger partial charge in [0.25, 0.3) is 5.91 Å². The summed E-state index contributed by atoms with van der Waals surface area (Å²) in [6.07, 6.45) is 0.726. The second-order valence-corrected chi connectivity index (χ2v) is 7.85. The smallest absolute Gasteiger partial charge is 0.254 e. The first-order chi connectivity index (χ1) is 14.4. The minimum Gasteiger partial charge on any atom is -0.379 e. The van der Waals surface area contributed by atoms with Crippen molar-refractivity contribution in [1.82, 2.24) is 15.0 Å². The second-order valence-electron chi connectivity index (χ2n) is 7.03. The number of aromatic nitrogens is 1. The molecule has 2 heterocycles. The van der Waals surface area contributed by atoms with E-state index in [2.05, 4.69) is 15.4 Å². The lowest BCUT2D eigenvalue weighted by Gasteiger charge is -2.28. The Morgan fingerprint density at radius 1 is 1.20 bits per heavy atom. The van der Waals surface area contributed by atoms with E-state index in [-0.39, 0.29) is 18.4 Å². The maximum Gasteiger partial charge on any atom is 0.254 e. The van der Waals surface area contributed by atoms with Gasteiger partial charge in [-0.15, -0.1) is 0 Å². The van der Waals surface area contributed by atoms with E-state index in [1.54, 1.807) is 25.1 Å². The Bertz CT molecular complexity index is 883. The zero-order valence-corrected chi connectivity index (χ0v) is 18.2. The molecule has 0 saturated carbocycles. The molecule has 30 heavy (non-hydrogen) atoms. The Morgan fingerprint density at radius 3 is 2.63 bits per heavy atom. The average Bonchev–Trinajstić information content (AvgIpc) is 3.14. The number of hydrogen-bond donors (Lipinski definition) is 1. The van der Waals surface area contributed by atoms with Crippen molar-refractivity contribution in [3.05, 3.63) is 45.6 Å². The highest BCUT2D eigenvalue weighted by Crippen LogP contribution is 2.23. The van der Waals surface area contributed by atoms with Gasteiger partial charge < -0.3 is 19.5 Å². The van der Waals surface area contributed by atoms with Gasteiger partial charge in [0.1, 0.15) is 12.3 Å². The van der Waals surface area contributed by atoms with Crippen LogP contribution in [0.5, 0.6) is 0 Å². The number of amides is 2. The van der Waals surface area contributed by atoms with Gasteiger partial charge in [-0.05, 0) is 31.5 Å². The zero-order valence-electron chi connectivity index (χ0n) is 16.7. The largest absolute Gasteiger partial charge is 0.379 e. The van der Waals surface area contributed by atoms with Crippen LogP contribution in [0.3, 0.4) is 0 Å². The summed E-state index contributed by atoms with van der Waals surface area (Å²) in [7, 11) is 0. The fourth-order valence-corrected chi connectivity index (χ4v) is 3.45. The Hall–Kier alpha value is -2.13. The van der Waals surface area contributed by atoms with Gasteiger partial charge >= 0.3 is 0 Å². The number of halogens is 2. The summed E-state index contributed by atoms with van der Waals surface area (Å²) in [5.74, 6) is 0.248. The summed E-state index contributed by atoms with van der Waals surface area (Å²) in [5.41, 5.74) is 0.376. The van der Waals surface area contributed by atoms with Crippen molar-refractivity contribution in [3.8, 4) is 0 Å². The number of nitrogens with zero attached hydrogens (tertiary/aromatic N) is 3. The molecule has 1 aliphatic rings. The van der Waals surface area contributed by atoms with Gasteiger partial charge in [-0.25, -0.2) is 0 Å². The quantitative estimate of drug-likeness (QED) is 0.659. The molecule has 2 aromatic rings. The molecule has 8 nitrogen and oxygen atoms in total. The van der Waals surface area contributed by atoms with Crippen LogP contribution in [0.2, 0.25) is 10.0 Å². The SMILES string of the molecule is Cc1cc(NC(=O)CN(CCCN2CCOCC2)C(=O)c2ccc(Cl)c(Cl)c2)no1. The first-order valence-electron chi connectivity index (χ1n) is 9.70. The van der Waals surface area contributed by atoms with Crippen LogP contribution in [0.1, 0.15) is 22.5 Å². The van der Waals surface area contributed by atoms with Crippen LogP contribution in [0.4, 0.5) is 5.82 Å². The van der Waals surface area contributed by atoms with Crippen LogP contribution >= 0.6 is 23.2 Å². The third-order valence-corrected chi connectivity index (χ3v) is 5.43. The number of aryl methyl sites for hydroxylation is 1. The molecule has 0 unspecified atom stereocenters. The van der Waals surface area contributed by atoms with Gasteiger partial charge in [-0.2, -0.15) is 0 Å². The van der Waals surface area contributed by atoms with Crippen LogP contribution in [0.25, 0.3) is 0 Å². The number of nitrogens with one attached hydrogen (secondary N) is 1. The van der Waals surface area contributed by atoms with E-state index in [9.17, 15) is 9.59 Å². The van der Waals surface area contributed by atoms with E-state index in [1.807, 2.05) is 0 Å². The van der Waals surface area contributed by atoms with Crippen LogP contribution < -0.4 is 5.32 Å². The highest BCUT2D eigenvalue weighted by Gasteiger charge is 2.21. The molecule has 2 amide bonds. The van der Waals surface area contributed by atoms with E-state index in [1.165, 1.54) is 11.0 Å². The summed E-state index contributed by atoms with van der Waals surface area (Å²) in [6, 6.07) is 6.30. The van der Waals surface area contributed by atoms with E-state index < -0.39 is 0 Å². The molecular weight excluding hydrogens is 431 g/mol. The fourth-order valence-electron chi connectivity index (χ4n) is 3.16. The van der Waals surface area contributed by atoms with E-state index in [0.29, 0.717) is 46.9 Å². The molecule has 3 rings (SSSR count). The van der Waals surface area contributed by atoms with Crippen molar-refractivity contribution >= 4 is 40.8 Å². The van der Waals surface area contributed by atoms with Crippen molar-refractivity contribution in [2.45, 2.75) is 13.3 Å². The van der Waals surface area contributed by atoms with E-state index >= 15 is 0 Å². The number of carbonyl (C=O) groups is 2. The van der Waals surface area contributed by atoms with Crippen LogP contribution in [0, 0.1) is 6.92 Å². The van der Waals surface area contributed by atoms with Crippen molar-refractivity contribution in [1.29, 1.82) is 0 Å². The number of benzene rings is 1. The third-order valence-electron chi connectivity index (χ3n) is 4.69. The lowest BCUT2D eigenvalue weighted by molar-refractivity contribution is -0.117. The van der Waals surface area contributed by atoms with Crippen molar-refractivity contribution in [2.24, 2.45) is 0 Å². The average molecular weight is 455 g/mol. The topological polar surface area (TPSA) is 87.9 Å². The first-order valence-corrected chi connectivity index (χ1v) is 10.5. The lowest BCUT2D eigenvalue weighted by atomic mass is 10.2. The molecule has 10 heteroatoms. The summed E-state index contributed by atoms with van der Waals surface area (Å²) in [6.45, 7) is 6.01. The first kappa shape index (κ1) is 22.6. The Balaban J connectivity index is 1.65. The van der Waals surface area contributed by atoms with Gasteiger partial charge in [0, 0.05) is 37.8 Å².